The minimum absolute atomic E-state index is 0.363. The van der Waals surface area contributed by atoms with Gasteiger partial charge in [-0.25, -0.2) is 9.97 Å². The Bertz CT molecular complexity index is 1120. The van der Waals surface area contributed by atoms with E-state index in [2.05, 4.69) is 59.0 Å². The Morgan fingerprint density at radius 3 is 2.31 bits per heavy atom. The standard InChI is InChI=1S/C29H41N5O/c1-20-16-21(2)30-29-28(20)31-22(3)34(29)18-24-6-10-27(11-7-24)32-26-8-4-23(5-9-26)17-33-14-12-25(19-35)13-15-33/h6-7,10-11,16,23,25-26,32,35H,4-5,8-9,12-15,17-19H2,1-3H3. The van der Waals surface area contributed by atoms with Gasteiger partial charge in [0.05, 0.1) is 6.54 Å². The summed E-state index contributed by atoms with van der Waals surface area (Å²) in [6.07, 6.45) is 7.46. The van der Waals surface area contributed by atoms with Crippen LogP contribution in [0.25, 0.3) is 11.2 Å². The summed E-state index contributed by atoms with van der Waals surface area (Å²) in [5, 5.41) is 13.1. The Morgan fingerprint density at radius 1 is 0.914 bits per heavy atom. The zero-order valence-electron chi connectivity index (χ0n) is 21.6. The molecule has 1 aliphatic carbocycles. The van der Waals surface area contributed by atoms with Crippen molar-refractivity contribution in [3.63, 3.8) is 0 Å². The molecule has 0 spiro atoms. The van der Waals surface area contributed by atoms with Crippen molar-refractivity contribution in [2.45, 2.75) is 71.9 Å². The number of nitrogens with one attached hydrogen (secondary N) is 1. The number of piperidine rings is 1. The van der Waals surface area contributed by atoms with Crippen LogP contribution in [0, 0.1) is 32.6 Å². The number of hydrogen-bond acceptors (Lipinski definition) is 5. The normalized spacial score (nSPS) is 22.1. The van der Waals surface area contributed by atoms with Gasteiger partial charge >= 0.3 is 0 Å². The van der Waals surface area contributed by atoms with Gasteiger partial charge in [-0.05, 0) is 114 Å². The first-order valence-corrected chi connectivity index (χ1v) is 13.5. The smallest absolute Gasteiger partial charge is 0.160 e. The number of hydrogen-bond donors (Lipinski definition) is 2. The summed E-state index contributed by atoms with van der Waals surface area (Å²) in [7, 11) is 0. The van der Waals surface area contributed by atoms with E-state index in [9.17, 15) is 5.11 Å². The molecule has 5 rings (SSSR count). The SMILES string of the molecule is Cc1cc(C)c2nc(C)n(Cc3ccc(NC4CCC(CN5CCC(CO)CC5)CC4)cc3)c2n1. The van der Waals surface area contributed by atoms with Gasteiger partial charge in [-0.15, -0.1) is 0 Å². The van der Waals surface area contributed by atoms with Crippen LogP contribution >= 0.6 is 0 Å². The third kappa shape index (κ3) is 5.70. The average molecular weight is 476 g/mol. The molecule has 188 valence electrons. The molecule has 3 aromatic rings. The van der Waals surface area contributed by atoms with E-state index in [4.69, 9.17) is 9.97 Å². The second-order valence-electron chi connectivity index (χ2n) is 11.0. The number of imidazole rings is 1. The van der Waals surface area contributed by atoms with Gasteiger partial charge < -0.3 is 19.9 Å². The van der Waals surface area contributed by atoms with Gasteiger partial charge in [0, 0.05) is 30.6 Å². The first-order chi connectivity index (χ1) is 17.0. The van der Waals surface area contributed by atoms with Gasteiger partial charge in [0.25, 0.3) is 0 Å². The molecule has 2 aliphatic rings. The highest BCUT2D eigenvalue weighted by Crippen LogP contribution is 2.29. The monoisotopic (exact) mass is 475 g/mol. The number of likely N-dealkylation sites (tertiary alicyclic amines) is 1. The molecule has 0 amide bonds. The van der Waals surface area contributed by atoms with Gasteiger partial charge in [0.2, 0.25) is 0 Å². The largest absolute Gasteiger partial charge is 0.396 e. The van der Waals surface area contributed by atoms with Gasteiger partial charge in [0.1, 0.15) is 11.3 Å². The quantitative estimate of drug-likeness (QED) is 0.499. The van der Waals surface area contributed by atoms with Crippen LogP contribution < -0.4 is 5.32 Å². The lowest BCUT2D eigenvalue weighted by Gasteiger charge is -2.36. The van der Waals surface area contributed by atoms with Crippen molar-refractivity contribution in [3.05, 3.63) is 53.0 Å². The van der Waals surface area contributed by atoms with Crippen molar-refractivity contribution in [2.24, 2.45) is 11.8 Å². The maximum atomic E-state index is 9.36. The summed E-state index contributed by atoms with van der Waals surface area (Å²) >= 11 is 0. The Balaban J connectivity index is 1.13. The first-order valence-electron chi connectivity index (χ1n) is 13.5. The summed E-state index contributed by atoms with van der Waals surface area (Å²) in [5.74, 6) is 2.37. The lowest BCUT2D eigenvalue weighted by atomic mass is 9.85. The molecule has 0 unspecified atom stereocenters. The predicted octanol–water partition coefficient (Wildman–Crippen LogP) is 5.08. The van der Waals surface area contributed by atoms with Crippen molar-refractivity contribution in [2.75, 3.05) is 31.6 Å². The topological polar surface area (TPSA) is 66.2 Å². The molecule has 0 atom stereocenters. The number of nitrogens with zero attached hydrogens (tertiary/aromatic N) is 4. The Labute approximate surface area is 209 Å². The number of rotatable bonds is 7. The molecule has 0 radical (unpaired) electrons. The number of aliphatic hydroxyl groups excluding tert-OH is 1. The number of aryl methyl sites for hydroxylation is 3. The number of anilines is 1. The molecule has 2 fully saturated rings. The highest BCUT2D eigenvalue weighted by Gasteiger charge is 2.25. The average Bonchev–Trinajstić information content (AvgIpc) is 3.17. The van der Waals surface area contributed by atoms with Crippen LogP contribution in [0.1, 0.15) is 61.2 Å². The molecule has 3 heterocycles. The zero-order valence-corrected chi connectivity index (χ0v) is 21.6. The third-order valence-electron chi connectivity index (χ3n) is 8.21. The second kappa shape index (κ2) is 10.7. The Hall–Kier alpha value is -2.44. The van der Waals surface area contributed by atoms with Gasteiger partial charge in [-0.1, -0.05) is 12.1 Å². The van der Waals surface area contributed by atoms with E-state index in [1.165, 1.54) is 62.1 Å². The van der Waals surface area contributed by atoms with Crippen LogP contribution in [0.2, 0.25) is 0 Å². The molecule has 1 saturated carbocycles. The van der Waals surface area contributed by atoms with Crippen LogP contribution in [-0.2, 0) is 6.54 Å². The lowest BCUT2D eigenvalue weighted by molar-refractivity contribution is 0.111. The Kier molecular flexibility index (Phi) is 7.40. The van der Waals surface area contributed by atoms with E-state index in [0.717, 1.165) is 48.0 Å². The fourth-order valence-electron chi connectivity index (χ4n) is 6.03. The maximum Gasteiger partial charge on any atom is 0.160 e. The molecule has 1 aliphatic heterocycles. The fraction of sp³-hybridized carbons (Fsp3) is 0.586. The van der Waals surface area contributed by atoms with Crippen molar-refractivity contribution in [1.82, 2.24) is 19.4 Å². The van der Waals surface area contributed by atoms with E-state index >= 15 is 0 Å². The van der Waals surface area contributed by atoms with Crippen LogP contribution in [-0.4, -0.2) is 56.8 Å². The summed E-state index contributed by atoms with van der Waals surface area (Å²) in [6, 6.07) is 11.6. The van der Waals surface area contributed by atoms with Gasteiger partial charge in [-0.3, -0.25) is 0 Å². The molecule has 1 aromatic carbocycles. The molecule has 2 N–H and O–H groups in total. The predicted molar refractivity (Wildman–Crippen MR) is 143 cm³/mol. The first kappa shape index (κ1) is 24.3. The van der Waals surface area contributed by atoms with Crippen molar-refractivity contribution < 1.29 is 5.11 Å². The number of benzene rings is 1. The minimum atomic E-state index is 0.363. The molecule has 6 nitrogen and oxygen atoms in total. The van der Waals surface area contributed by atoms with Crippen molar-refractivity contribution in [3.8, 4) is 0 Å². The molecular weight excluding hydrogens is 434 g/mol. The Morgan fingerprint density at radius 2 is 1.63 bits per heavy atom. The van der Waals surface area contributed by atoms with E-state index < -0.39 is 0 Å². The molecule has 35 heavy (non-hydrogen) atoms. The van der Waals surface area contributed by atoms with Gasteiger partial charge in [0.15, 0.2) is 5.65 Å². The van der Waals surface area contributed by atoms with E-state index in [0.29, 0.717) is 18.6 Å². The lowest BCUT2D eigenvalue weighted by Crippen LogP contribution is -2.39. The summed E-state index contributed by atoms with van der Waals surface area (Å²) < 4.78 is 2.23. The highest BCUT2D eigenvalue weighted by molar-refractivity contribution is 5.76. The van der Waals surface area contributed by atoms with E-state index in [-0.39, 0.29) is 0 Å². The molecular formula is C29H41N5O. The summed E-state index contributed by atoms with van der Waals surface area (Å²) in [5.41, 5.74) is 6.72. The number of fused-ring (bicyclic) bond motifs is 1. The van der Waals surface area contributed by atoms with Gasteiger partial charge in [-0.2, -0.15) is 0 Å². The van der Waals surface area contributed by atoms with Crippen LogP contribution in [0.4, 0.5) is 5.69 Å². The molecule has 1 saturated heterocycles. The third-order valence-corrected chi connectivity index (χ3v) is 8.21. The summed E-state index contributed by atoms with van der Waals surface area (Å²) in [4.78, 5) is 12.2. The molecule has 2 aromatic heterocycles. The number of pyridine rings is 1. The van der Waals surface area contributed by atoms with Crippen LogP contribution in [0.15, 0.2) is 30.3 Å². The minimum Gasteiger partial charge on any atom is -0.396 e. The maximum absolute atomic E-state index is 9.36. The van der Waals surface area contributed by atoms with Crippen molar-refractivity contribution in [1.29, 1.82) is 0 Å². The zero-order chi connectivity index (χ0) is 24.4. The van der Waals surface area contributed by atoms with Crippen LogP contribution in [0.3, 0.4) is 0 Å². The summed E-state index contributed by atoms with van der Waals surface area (Å²) in [6.45, 7) is 11.0. The van der Waals surface area contributed by atoms with Crippen LogP contribution in [0.5, 0.6) is 0 Å². The number of aliphatic hydroxyl groups is 1. The van der Waals surface area contributed by atoms with Crippen molar-refractivity contribution >= 4 is 16.9 Å². The number of aromatic nitrogens is 3. The van der Waals surface area contributed by atoms with E-state index in [1.54, 1.807) is 0 Å². The molecule has 0 bridgehead atoms. The van der Waals surface area contributed by atoms with E-state index in [1.807, 2.05) is 6.92 Å². The highest BCUT2D eigenvalue weighted by atomic mass is 16.3. The molecule has 6 heteroatoms. The fourth-order valence-corrected chi connectivity index (χ4v) is 6.03. The second-order valence-corrected chi connectivity index (χ2v) is 11.0.